The zero-order valence-electron chi connectivity index (χ0n) is 9.87. The van der Waals surface area contributed by atoms with Gasteiger partial charge in [-0.3, -0.25) is 4.52 Å². The van der Waals surface area contributed by atoms with Crippen molar-refractivity contribution in [2.45, 2.75) is 0 Å². The van der Waals surface area contributed by atoms with E-state index in [1.165, 1.54) is 11.0 Å². The maximum Gasteiger partial charge on any atom is 0.324 e. The molecule has 2 rings (SSSR count). The summed E-state index contributed by atoms with van der Waals surface area (Å²) in [5.41, 5.74) is 0.437. The van der Waals surface area contributed by atoms with Crippen molar-refractivity contribution in [1.82, 2.24) is 5.27 Å². The summed E-state index contributed by atoms with van der Waals surface area (Å²) in [6.45, 7) is 0. The maximum atomic E-state index is 11.8. The lowest BCUT2D eigenvalue weighted by atomic mass is 10.2. The number of hydrogen-bond donors (Lipinski definition) is 0. The molecule has 18 heavy (non-hydrogen) atoms. The molecule has 0 aliphatic rings. The minimum absolute atomic E-state index is 0.142. The van der Waals surface area contributed by atoms with Crippen LogP contribution in [0.4, 0.5) is 5.88 Å². The van der Waals surface area contributed by atoms with Gasteiger partial charge in [0.1, 0.15) is 0 Å². The van der Waals surface area contributed by atoms with E-state index >= 15 is 0 Å². The highest BCUT2D eigenvalue weighted by molar-refractivity contribution is 6.30. The molecule has 94 valence electrons. The molecule has 0 N–H and O–H groups in total. The molecule has 0 saturated carbocycles. The van der Waals surface area contributed by atoms with Gasteiger partial charge in [-0.15, -0.1) is 0 Å². The molecule has 0 bridgehead atoms. The first-order valence-corrected chi connectivity index (χ1v) is 5.52. The number of aliphatic imine (C=N–C) groups is 1. The first-order chi connectivity index (χ1) is 8.56. The molecule has 0 saturated heterocycles. The summed E-state index contributed by atoms with van der Waals surface area (Å²) in [4.78, 5) is 5.23. The van der Waals surface area contributed by atoms with E-state index in [-0.39, 0.29) is 5.88 Å². The third-order valence-corrected chi connectivity index (χ3v) is 2.41. The van der Waals surface area contributed by atoms with Gasteiger partial charge in [-0.1, -0.05) is 23.7 Å². The van der Waals surface area contributed by atoms with Crippen LogP contribution in [0.3, 0.4) is 0 Å². The van der Waals surface area contributed by atoms with Crippen LogP contribution >= 0.6 is 11.6 Å². The van der Waals surface area contributed by atoms with Crippen LogP contribution in [0, 0.1) is 0 Å². The van der Waals surface area contributed by atoms with Crippen LogP contribution in [0.25, 0.3) is 0 Å². The molecule has 6 nitrogen and oxygen atoms in total. The van der Waals surface area contributed by atoms with Crippen LogP contribution in [-0.4, -0.2) is 25.3 Å². The van der Waals surface area contributed by atoms with Gasteiger partial charge in [0.2, 0.25) is 5.27 Å². The summed E-state index contributed by atoms with van der Waals surface area (Å²) in [5.74, 6) is -0.266. The van der Waals surface area contributed by atoms with Crippen LogP contribution in [0.1, 0.15) is 5.56 Å². The summed E-state index contributed by atoms with van der Waals surface area (Å²) < 4.78 is 4.90. The quantitative estimate of drug-likeness (QED) is 0.454. The molecule has 0 spiro atoms. The van der Waals surface area contributed by atoms with Gasteiger partial charge in [0.25, 0.3) is 6.20 Å². The van der Waals surface area contributed by atoms with Crippen molar-refractivity contribution in [2.75, 3.05) is 19.1 Å². The highest BCUT2D eigenvalue weighted by atomic mass is 35.5. The first-order valence-electron chi connectivity index (χ1n) is 5.14. The second kappa shape index (κ2) is 5.05. The van der Waals surface area contributed by atoms with E-state index in [9.17, 15) is 5.11 Å². The molecule has 1 heterocycles. The van der Waals surface area contributed by atoms with Gasteiger partial charge >= 0.3 is 5.88 Å². The van der Waals surface area contributed by atoms with Crippen molar-refractivity contribution in [3.63, 3.8) is 0 Å². The lowest BCUT2D eigenvalue weighted by Gasteiger charge is -2.08. The van der Waals surface area contributed by atoms with Gasteiger partial charge in [0, 0.05) is 5.02 Å². The normalized spacial score (nSPS) is 11.6. The van der Waals surface area contributed by atoms with Gasteiger partial charge in [0.15, 0.2) is 0 Å². The van der Waals surface area contributed by atoms with Crippen LogP contribution in [0.15, 0.2) is 40.0 Å². The SMILES string of the molecule is CN(C)[n+]1cc(N=C([O-])c2ccc(Cl)cc2)on1. The molecule has 0 unspecified atom stereocenters. The predicted octanol–water partition coefficient (Wildman–Crippen LogP) is 0.252. The lowest BCUT2D eigenvalue weighted by Crippen LogP contribution is -2.53. The van der Waals surface area contributed by atoms with E-state index in [0.717, 1.165) is 0 Å². The van der Waals surface area contributed by atoms with Gasteiger partial charge in [-0.05, 0) is 23.6 Å². The second-order valence-electron chi connectivity index (χ2n) is 3.73. The van der Waals surface area contributed by atoms with Crippen LogP contribution in [-0.2, 0) is 0 Å². The Morgan fingerprint density at radius 3 is 2.61 bits per heavy atom. The largest absolute Gasteiger partial charge is 0.858 e. The van der Waals surface area contributed by atoms with Crippen LogP contribution < -0.4 is 14.9 Å². The Morgan fingerprint density at radius 2 is 2.06 bits per heavy atom. The molecule has 1 aromatic carbocycles. The lowest BCUT2D eigenvalue weighted by molar-refractivity contribution is -0.753. The Kier molecular flexibility index (Phi) is 3.47. The Balaban J connectivity index is 2.23. The zero-order chi connectivity index (χ0) is 13.1. The molecule has 0 aliphatic carbocycles. The topological polar surface area (TPSA) is 68.6 Å². The van der Waals surface area contributed by atoms with Gasteiger partial charge in [0.05, 0.1) is 18.9 Å². The molecular weight excluding hydrogens is 256 g/mol. The van der Waals surface area contributed by atoms with E-state index < -0.39 is 5.90 Å². The van der Waals surface area contributed by atoms with Gasteiger partial charge in [-0.25, -0.2) is 4.99 Å². The Morgan fingerprint density at radius 1 is 1.39 bits per heavy atom. The van der Waals surface area contributed by atoms with Crippen LogP contribution in [0.2, 0.25) is 5.02 Å². The molecule has 0 atom stereocenters. The number of halogens is 1. The highest BCUT2D eigenvalue weighted by Crippen LogP contribution is 2.12. The zero-order valence-corrected chi connectivity index (χ0v) is 10.6. The first kappa shape index (κ1) is 12.4. The number of nitrogens with zero attached hydrogens (tertiary/aromatic N) is 4. The molecule has 7 heteroatoms. The van der Waals surface area contributed by atoms with Crippen molar-refractivity contribution in [3.05, 3.63) is 41.0 Å². The number of aromatic nitrogens is 2. The highest BCUT2D eigenvalue weighted by Gasteiger charge is 2.12. The van der Waals surface area contributed by atoms with Gasteiger partial charge in [-0.2, -0.15) is 5.01 Å². The average molecular weight is 267 g/mol. The Labute approximate surface area is 109 Å². The van der Waals surface area contributed by atoms with E-state index in [1.807, 2.05) is 0 Å². The fourth-order valence-corrected chi connectivity index (χ4v) is 1.35. The standard InChI is InChI=1S/C11H11ClN4O2/c1-15(2)16-7-10(18-14-16)13-11(17)8-3-5-9(12)6-4-8/h3-7H,1-2H3. The van der Waals surface area contributed by atoms with Crippen molar-refractivity contribution in [2.24, 2.45) is 4.99 Å². The van der Waals surface area contributed by atoms with E-state index in [2.05, 4.69) is 10.3 Å². The van der Waals surface area contributed by atoms with Crippen molar-refractivity contribution < 1.29 is 14.4 Å². The summed E-state index contributed by atoms with van der Waals surface area (Å²) in [7, 11) is 3.57. The number of benzene rings is 1. The minimum Gasteiger partial charge on any atom is -0.858 e. The summed E-state index contributed by atoms with van der Waals surface area (Å²) >= 11 is 5.74. The molecule has 0 radical (unpaired) electrons. The molecule has 0 fully saturated rings. The molecule has 1 aromatic heterocycles. The number of rotatable bonds is 3. The fourth-order valence-electron chi connectivity index (χ4n) is 1.22. The summed E-state index contributed by atoms with van der Waals surface area (Å²) in [6.07, 6.45) is 1.51. The Bertz CT molecular complexity index is 563. The van der Waals surface area contributed by atoms with E-state index in [4.69, 9.17) is 16.1 Å². The second-order valence-corrected chi connectivity index (χ2v) is 4.17. The minimum atomic E-state index is -0.409. The predicted molar refractivity (Wildman–Crippen MR) is 64.4 cm³/mol. The monoisotopic (exact) mass is 266 g/mol. The van der Waals surface area contributed by atoms with Crippen LogP contribution in [0.5, 0.6) is 0 Å². The van der Waals surface area contributed by atoms with Gasteiger partial charge < -0.3 is 5.11 Å². The van der Waals surface area contributed by atoms with E-state index in [0.29, 0.717) is 10.6 Å². The Hall–Kier alpha value is -2.08. The third kappa shape index (κ3) is 2.78. The fraction of sp³-hybridized carbons (Fsp3) is 0.182. The molecule has 0 aliphatic heterocycles. The molecule has 2 aromatic rings. The smallest absolute Gasteiger partial charge is 0.324 e. The average Bonchev–Trinajstić information content (AvgIpc) is 2.78. The van der Waals surface area contributed by atoms with Crippen molar-refractivity contribution in [3.8, 4) is 0 Å². The van der Waals surface area contributed by atoms with Crippen molar-refractivity contribution in [1.29, 1.82) is 0 Å². The summed E-state index contributed by atoms with van der Waals surface area (Å²) in [6, 6.07) is 6.46. The third-order valence-electron chi connectivity index (χ3n) is 2.16. The number of hydrogen-bond acceptors (Lipinski definition) is 5. The maximum absolute atomic E-state index is 11.8. The van der Waals surface area contributed by atoms with E-state index in [1.54, 1.807) is 43.4 Å². The summed E-state index contributed by atoms with van der Waals surface area (Å²) in [5, 5.41) is 17.7. The molecule has 0 amide bonds. The molecular formula is C11H11ClN4O2. The van der Waals surface area contributed by atoms with Crippen molar-refractivity contribution >= 4 is 23.4 Å².